The van der Waals surface area contributed by atoms with Crippen LogP contribution in [0.25, 0.3) is 10.8 Å². The zero-order valence-corrected chi connectivity index (χ0v) is 20.1. The van der Waals surface area contributed by atoms with Gasteiger partial charge < -0.3 is 20.2 Å². The maximum Gasteiger partial charge on any atom is 0.227 e. The van der Waals surface area contributed by atoms with Crippen LogP contribution in [0, 0.1) is 11.3 Å². The van der Waals surface area contributed by atoms with Gasteiger partial charge in [0.1, 0.15) is 11.6 Å². The largest absolute Gasteiger partial charge is 0.390 e. The van der Waals surface area contributed by atoms with E-state index in [4.69, 9.17) is 0 Å². The van der Waals surface area contributed by atoms with Gasteiger partial charge in [0, 0.05) is 42.3 Å². The van der Waals surface area contributed by atoms with E-state index in [2.05, 4.69) is 43.1 Å². The van der Waals surface area contributed by atoms with Crippen molar-refractivity contribution in [1.82, 2.24) is 19.9 Å². The highest BCUT2D eigenvalue weighted by Crippen LogP contribution is 2.36. The second-order valence-corrected chi connectivity index (χ2v) is 9.70. The van der Waals surface area contributed by atoms with Gasteiger partial charge in [0.05, 0.1) is 42.2 Å². The predicted molar refractivity (Wildman–Crippen MR) is 133 cm³/mol. The predicted octanol–water partition coefficient (Wildman–Crippen LogP) is 3.69. The van der Waals surface area contributed by atoms with Crippen LogP contribution < -0.4 is 15.1 Å². The minimum absolute atomic E-state index is 0.0185. The summed E-state index contributed by atoms with van der Waals surface area (Å²) in [6.07, 6.45) is 5.73. The molecule has 0 radical (unpaired) electrons. The number of pyridine rings is 2. The molecule has 0 aromatic carbocycles. The highest BCUT2D eigenvalue weighted by Gasteiger charge is 2.39. The molecule has 0 unspecified atom stereocenters. The van der Waals surface area contributed by atoms with Crippen molar-refractivity contribution in [2.45, 2.75) is 57.3 Å². The maximum absolute atomic E-state index is 14.7. The Morgan fingerprint density at radius 3 is 2.71 bits per heavy atom. The fourth-order valence-corrected chi connectivity index (χ4v) is 4.73. The number of aliphatic hydroxyl groups excluding tert-OH is 1. The molecule has 0 spiro atoms. The van der Waals surface area contributed by atoms with Gasteiger partial charge in [0.15, 0.2) is 5.67 Å². The number of rotatable bonds is 5. The molecule has 10 heteroatoms. The van der Waals surface area contributed by atoms with E-state index in [0.29, 0.717) is 42.3 Å². The van der Waals surface area contributed by atoms with Crippen LogP contribution in [0.1, 0.15) is 45.2 Å². The highest BCUT2D eigenvalue weighted by atomic mass is 19.1. The lowest BCUT2D eigenvalue weighted by Crippen LogP contribution is -2.52. The fraction of sp³-hybridized carbons (Fsp3) is 0.480. The van der Waals surface area contributed by atoms with Crippen LogP contribution in [0.2, 0.25) is 0 Å². The molecule has 2 fully saturated rings. The number of nitrogens with zero attached hydrogens (tertiary/aromatic N) is 7. The first-order valence-corrected chi connectivity index (χ1v) is 11.9. The van der Waals surface area contributed by atoms with Crippen LogP contribution >= 0.6 is 0 Å². The number of alkyl halides is 1. The Hall–Kier alpha value is -3.58. The monoisotopic (exact) mass is 476 g/mol. The van der Waals surface area contributed by atoms with Gasteiger partial charge in [0.2, 0.25) is 5.95 Å². The molecule has 0 amide bonds. The van der Waals surface area contributed by atoms with Gasteiger partial charge in [-0.1, -0.05) is 0 Å². The smallest absolute Gasteiger partial charge is 0.227 e. The fourth-order valence-electron chi connectivity index (χ4n) is 4.73. The molecule has 0 saturated carbocycles. The van der Waals surface area contributed by atoms with Crippen molar-refractivity contribution >= 4 is 34.0 Å². The van der Waals surface area contributed by atoms with Crippen LogP contribution in [0.15, 0.2) is 30.7 Å². The molecule has 4 atom stereocenters. The molecule has 5 rings (SSSR count). The van der Waals surface area contributed by atoms with Crippen molar-refractivity contribution < 1.29 is 9.50 Å². The molecule has 182 valence electrons. The third-order valence-corrected chi connectivity index (χ3v) is 7.06. The van der Waals surface area contributed by atoms with E-state index in [1.165, 1.54) is 6.92 Å². The molecule has 3 aromatic heterocycles. The summed E-state index contributed by atoms with van der Waals surface area (Å²) in [5, 5.41) is 24.5. The van der Waals surface area contributed by atoms with Gasteiger partial charge in [-0.15, -0.1) is 0 Å². The SMILES string of the molecule is C[C@H](C#N)c1ncc(N2CC[C@H]2C)c2cnc(Nc3ccnc(N4CC[C@@H](O)[C@@](C)(F)C4)n3)cc12. The number of fused-ring (bicyclic) bond motifs is 1. The summed E-state index contributed by atoms with van der Waals surface area (Å²) in [6.45, 7) is 6.88. The van der Waals surface area contributed by atoms with E-state index in [0.717, 1.165) is 29.4 Å². The number of aliphatic hydroxyl groups is 1. The summed E-state index contributed by atoms with van der Waals surface area (Å²) in [4.78, 5) is 22.2. The van der Waals surface area contributed by atoms with Crippen molar-refractivity contribution in [3.05, 3.63) is 36.4 Å². The van der Waals surface area contributed by atoms with Crippen LogP contribution in [0.5, 0.6) is 0 Å². The number of piperidine rings is 1. The summed E-state index contributed by atoms with van der Waals surface area (Å²) in [5.74, 6) is 1.10. The van der Waals surface area contributed by atoms with Gasteiger partial charge in [-0.25, -0.2) is 14.4 Å². The molecule has 2 aliphatic heterocycles. The molecule has 2 saturated heterocycles. The van der Waals surface area contributed by atoms with Gasteiger partial charge in [-0.3, -0.25) is 4.98 Å². The zero-order chi connectivity index (χ0) is 24.7. The van der Waals surface area contributed by atoms with Crippen molar-refractivity contribution in [2.24, 2.45) is 0 Å². The Morgan fingerprint density at radius 2 is 2.03 bits per heavy atom. The molecular formula is C25H29FN8O. The lowest BCUT2D eigenvalue weighted by atomic mass is 9.94. The second kappa shape index (κ2) is 8.89. The molecule has 0 bridgehead atoms. The minimum atomic E-state index is -1.72. The number of nitrogens with one attached hydrogen (secondary N) is 1. The number of halogens is 1. The Morgan fingerprint density at radius 1 is 1.20 bits per heavy atom. The molecule has 35 heavy (non-hydrogen) atoms. The summed E-state index contributed by atoms with van der Waals surface area (Å²) in [7, 11) is 0. The quantitative estimate of drug-likeness (QED) is 0.569. The lowest BCUT2D eigenvalue weighted by Gasteiger charge is -2.41. The molecular weight excluding hydrogens is 447 g/mol. The average Bonchev–Trinajstić information content (AvgIpc) is 2.84. The Balaban J connectivity index is 1.46. The van der Waals surface area contributed by atoms with Crippen molar-refractivity contribution in [1.29, 1.82) is 5.26 Å². The van der Waals surface area contributed by atoms with Crippen LogP contribution in [-0.4, -0.2) is 62.5 Å². The van der Waals surface area contributed by atoms with Crippen molar-refractivity contribution in [3.63, 3.8) is 0 Å². The van der Waals surface area contributed by atoms with E-state index in [1.54, 1.807) is 17.2 Å². The Labute approximate surface area is 203 Å². The van der Waals surface area contributed by atoms with E-state index in [-0.39, 0.29) is 12.5 Å². The topological polar surface area (TPSA) is 114 Å². The number of aromatic nitrogens is 4. The first-order valence-electron chi connectivity index (χ1n) is 11.9. The van der Waals surface area contributed by atoms with Gasteiger partial charge in [-0.2, -0.15) is 10.2 Å². The lowest BCUT2D eigenvalue weighted by molar-refractivity contribution is -0.00860. The number of anilines is 4. The van der Waals surface area contributed by atoms with E-state index in [9.17, 15) is 14.8 Å². The maximum atomic E-state index is 14.7. The first-order chi connectivity index (χ1) is 16.8. The minimum Gasteiger partial charge on any atom is -0.390 e. The second-order valence-electron chi connectivity index (χ2n) is 9.70. The van der Waals surface area contributed by atoms with Crippen molar-refractivity contribution in [3.8, 4) is 6.07 Å². The Bertz CT molecular complexity index is 1290. The molecule has 2 aliphatic rings. The molecule has 0 aliphatic carbocycles. The summed E-state index contributed by atoms with van der Waals surface area (Å²) in [5.41, 5.74) is 0.0113. The third-order valence-electron chi connectivity index (χ3n) is 7.06. The molecule has 5 heterocycles. The summed E-state index contributed by atoms with van der Waals surface area (Å²) >= 11 is 0. The highest BCUT2D eigenvalue weighted by molar-refractivity contribution is 5.97. The average molecular weight is 477 g/mol. The number of hydrogen-bond donors (Lipinski definition) is 2. The molecule has 2 N–H and O–H groups in total. The van der Waals surface area contributed by atoms with Gasteiger partial charge in [-0.05, 0) is 45.7 Å². The van der Waals surface area contributed by atoms with Crippen LogP contribution in [0.4, 0.5) is 27.7 Å². The van der Waals surface area contributed by atoms with Crippen molar-refractivity contribution in [2.75, 3.05) is 34.8 Å². The van der Waals surface area contributed by atoms with Gasteiger partial charge in [0.25, 0.3) is 0 Å². The normalized spacial score (nSPS) is 25.1. The number of hydrogen-bond acceptors (Lipinski definition) is 9. The standard InChI is InChI=1S/C25H29FN8O/c1-15(11-27)23-17-10-22(29-12-18(17)19(13-30-23)34-9-5-16(34)2)31-21-4-7-28-24(32-21)33-8-6-20(35)25(3,26)14-33/h4,7,10,12-13,15-16,20,35H,5-6,8-9,14H2,1-3H3,(H,28,29,31,32)/t15-,16-,20-,25+/m1/s1. The van der Waals surface area contributed by atoms with E-state index in [1.807, 2.05) is 25.4 Å². The summed E-state index contributed by atoms with van der Waals surface area (Å²) in [6, 6.07) is 6.35. The third kappa shape index (κ3) is 4.32. The summed E-state index contributed by atoms with van der Waals surface area (Å²) < 4.78 is 14.7. The van der Waals surface area contributed by atoms with E-state index < -0.39 is 11.8 Å². The number of nitriles is 1. The Kier molecular flexibility index (Phi) is 5.89. The molecule has 3 aromatic rings. The zero-order valence-electron chi connectivity index (χ0n) is 20.1. The first kappa shape index (κ1) is 23.2. The van der Waals surface area contributed by atoms with Crippen LogP contribution in [-0.2, 0) is 0 Å². The van der Waals surface area contributed by atoms with Crippen LogP contribution in [0.3, 0.4) is 0 Å². The van der Waals surface area contributed by atoms with Gasteiger partial charge >= 0.3 is 0 Å². The van der Waals surface area contributed by atoms with E-state index >= 15 is 0 Å². The molecule has 9 nitrogen and oxygen atoms in total.